The molecule has 6 rings (SSSR count). The first-order valence-electron chi connectivity index (χ1n) is 15.2. The van der Waals surface area contributed by atoms with Gasteiger partial charge in [-0.05, 0) is 46.5 Å². The number of aliphatic hydroxyl groups is 1. The van der Waals surface area contributed by atoms with Gasteiger partial charge in [-0.2, -0.15) is 26.3 Å². The molecule has 0 saturated carbocycles. The lowest BCUT2D eigenvalue weighted by molar-refractivity contribution is -0.118. The first-order valence-corrected chi connectivity index (χ1v) is 15.5. The quantitative estimate of drug-likeness (QED) is 0.277. The van der Waals surface area contributed by atoms with Crippen molar-refractivity contribution in [3.63, 3.8) is 0 Å². The fourth-order valence-electron chi connectivity index (χ4n) is 5.62. The van der Waals surface area contributed by atoms with Gasteiger partial charge in [-0.1, -0.05) is 35.9 Å². The summed E-state index contributed by atoms with van der Waals surface area (Å²) in [6.45, 7) is 3.25. The van der Waals surface area contributed by atoms with Crippen LogP contribution in [-0.2, 0) is 35.6 Å². The van der Waals surface area contributed by atoms with Crippen molar-refractivity contribution in [3.05, 3.63) is 81.6 Å². The third kappa shape index (κ3) is 8.37. The monoisotopic (exact) mass is 722 g/mol. The Balaban J connectivity index is 0.000000240. The summed E-state index contributed by atoms with van der Waals surface area (Å²) >= 11 is 6.29. The number of pyridine rings is 1. The minimum atomic E-state index is -4.74. The van der Waals surface area contributed by atoms with E-state index in [1.54, 1.807) is 30.3 Å². The maximum atomic E-state index is 12.9. The molecule has 3 aromatic rings. The normalized spacial score (nSPS) is 16.5. The number of hydrogen-bond acceptors (Lipinski definition) is 9. The molecule has 17 heteroatoms. The molecule has 0 atom stereocenters. The Labute approximate surface area is 286 Å². The molecule has 10 nitrogen and oxygen atoms in total. The van der Waals surface area contributed by atoms with E-state index in [9.17, 15) is 40.7 Å². The second kappa shape index (κ2) is 14.7. The smallest absolute Gasteiger partial charge is 0.392 e. The van der Waals surface area contributed by atoms with Crippen LogP contribution in [0.3, 0.4) is 0 Å². The van der Waals surface area contributed by atoms with Gasteiger partial charge in [0.1, 0.15) is 5.69 Å². The summed E-state index contributed by atoms with van der Waals surface area (Å²) in [7, 11) is 1.53. The van der Waals surface area contributed by atoms with Crippen LogP contribution in [0.15, 0.2) is 58.5 Å². The average Bonchev–Trinajstić information content (AvgIpc) is 3.06. The second-order valence-corrected chi connectivity index (χ2v) is 11.9. The predicted octanol–water partition coefficient (Wildman–Crippen LogP) is 5.12. The van der Waals surface area contributed by atoms with Crippen molar-refractivity contribution < 1.29 is 45.8 Å². The van der Waals surface area contributed by atoms with E-state index >= 15 is 0 Å². The topological polar surface area (TPSA) is 128 Å². The molecule has 50 heavy (non-hydrogen) atoms. The van der Waals surface area contributed by atoms with E-state index in [0.29, 0.717) is 36.3 Å². The van der Waals surface area contributed by atoms with E-state index in [4.69, 9.17) is 16.7 Å². The Morgan fingerprint density at radius 3 is 1.82 bits per heavy atom. The van der Waals surface area contributed by atoms with E-state index in [-0.39, 0.29) is 47.6 Å². The lowest BCUT2D eigenvalue weighted by atomic mass is 9.98. The van der Waals surface area contributed by atoms with E-state index < -0.39 is 35.3 Å². The number of Topliss-reactive ketones (excluding diaryl/α,β-unsaturated/α-hetero) is 2. The number of rotatable bonds is 5. The molecular formula is C33H29ClF6N6O4. The van der Waals surface area contributed by atoms with Crippen molar-refractivity contribution in [3.8, 4) is 0 Å². The largest absolute Gasteiger partial charge is 0.436 e. The Morgan fingerprint density at radius 1 is 0.820 bits per heavy atom. The van der Waals surface area contributed by atoms with E-state index in [0.717, 1.165) is 24.3 Å². The molecule has 1 amide bonds. The minimum Gasteiger partial charge on any atom is -0.392 e. The number of hydrogen-bond donors (Lipinski definition) is 2. The molecule has 4 heterocycles. The third-order valence-electron chi connectivity index (χ3n) is 8.11. The number of carbonyl (C=O) groups is 3. The molecule has 0 bridgehead atoms. The Hall–Kier alpha value is -4.67. The number of halogens is 7. The van der Waals surface area contributed by atoms with Crippen molar-refractivity contribution in [1.29, 1.82) is 0 Å². The molecule has 0 spiro atoms. The zero-order valence-corrected chi connectivity index (χ0v) is 27.1. The number of alkyl halides is 6. The van der Waals surface area contributed by atoms with E-state index in [2.05, 4.69) is 30.1 Å². The van der Waals surface area contributed by atoms with Gasteiger partial charge in [0, 0.05) is 52.6 Å². The lowest BCUT2D eigenvalue weighted by Crippen LogP contribution is -2.46. The number of fused-ring (bicyclic) bond motifs is 2. The Kier molecular flexibility index (Phi) is 10.7. The number of nitrogens with one attached hydrogen (secondary N) is 1. The number of anilines is 1. The summed E-state index contributed by atoms with van der Waals surface area (Å²) in [4.78, 5) is 50.2. The van der Waals surface area contributed by atoms with Crippen LogP contribution < -0.4 is 10.2 Å². The van der Waals surface area contributed by atoms with Gasteiger partial charge in [-0.3, -0.25) is 19.3 Å². The highest BCUT2D eigenvalue weighted by Crippen LogP contribution is 2.33. The molecular weight excluding hydrogens is 694 g/mol. The van der Waals surface area contributed by atoms with Gasteiger partial charge in [0.15, 0.2) is 28.1 Å². The number of carbonyl (C=O) groups excluding carboxylic acids is 3. The van der Waals surface area contributed by atoms with Crippen molar-refractivity contribution in [2.75, 3.05) is 38.1 Å². The number of piperazine rings is 1. The molecule has 264 valence electrons. The summed E-state index contributed by atoms with van der Waals surface area (Å²) in [6.07, 6.45) is -10.1. The molecule has 3 aliphatic heterocycles. The van der Waals surface area contributed by atoms with Crippen LogP contribution in [0.5, 0.6) is 0 Å². The molecule has 0 aliphatic carbocycles. The van der Waals surface area contributed by atoms with Crippen LogP contribution in [0.25, 0.3) is 0 Å². The number of aromatic nitrogens is 1. The first-order chi connectivity index (χ1) is 23.6. The van der Waals surface area contributed by atoms with Crippen LogP contribution in [0, 0.1) is 0 Å². The van der Waals surface area contributed by atoms with Crippen molar-refractivity contribution >= 4 is 57.6 Å². The number of benzene rings is 2. The number of aliphatic imine (C=N–C) groups is 2. The molecule has 2 N–H and O–H groups in total. The average molecular weight is 723 g/mol. The third-order valence-corrected chi connectivity index (χ3v) is 8.39. The molecule has 0 unspecified atom stereocenters. The summed E-state index contributed by atoms with van der Waals surface area (Å²) in [5.74, 6) is -2.35. The number of aliphatic hydroxyl groups excluding tert-OH is 1. The van der Waals surface area contributed by atoms with Gasteiger partial charge in [0.2, 0.25) is 0 Å². The zero-order chi connectivity index (χ0) is 36.4. The van der Waals surface area contributed by atoms with Crippen molar-refractivity contribution in [2.45, 2.75) is 38.3 Å². The summed E-state index contributed by atoms with van der Waals surface area (Å²) in [6, 6.07) is 12.8. The molecule has 1 aromatic heterocycles. The van der Waals surface area contributed by atoms with Crippen LogP contribution in [-0.4, -0.2) is 89.5 Å². The van der Waals surface area contributed by atoms with E-state index in [1.807, 2.05) is 0 Å². The molecule has 2 aromatic carbocycles. The summed E-state index contributed by atoms with van der Waals surface area (Å²) < 4.78 is 76.1. The number of ketones is 2. The standard InChI is InChI=1S/C22H21ClF3N5O2.C11H8F3NO2/c1-27-21(33)16-4-5-17(20(23)29-16)31-8-6-30(7-9-31)12-13-2-3-15-14(10-13)11-18(32)19(28-15)22(24,25)26;12-11(13,14)10-9(17)4-7-3-6(5-16)1-2-8(7)15-10/h2-5,10H,6-9,11-12H2,1H3,(H,27,33);1-3,16H,4-5H2. The fourth-order valence-corrected chi connectivity index (χ4v) is 5.89. The van der Waals surface area contributed by atoms with Gasteiger partial charge in [-0.25, -0.2) is 15.0 Å². The summed E-state index contributed by atoms with van der Waals surface area (Å²) in [5.41, 5.74) is 1.02. The van der Waals surface area contributed by atoms with Crippen LogP contribution >= 0.6 is 11.6 Å². The maximum Gasteiger partial charge on any atom is 0.436 e. The van der Waals surface area contributed by atoms with Gasteiger partial charge in [-0.15, -0.1) is 0 Å². The predicted molar refractivity (Wildman–Crippen MR) is 173 cm³/mol. The molecule has 3 aliphatic rings. The Morgan fingerprint density at radius 2 is 1.34 bits per heavy atom. The van der Waals surface area contributed by atoms with Crippen molar-refractivity contribution in [2.24, 2.45) is 9.98 Å². The van der Waals surface area contributed by atoms with Gasteiger partial charge in [0.25, 0.3) is 5.91 Å². The highest BCUT2D eigenvalue weighted by Gasteiger charge is 2.43. The fraction of sp³-hybridized carbons (Fsp3) is 0.333. The van der Waals surface area contributed by atoms with Crippen LogP contribution in [0.2, 0.25) is 5.15 Å². The minimum absolute atomic E-state index is 0.133. The SMILES string of the molecule is CNC(=O)c1ccc(N2CCN(Cc3ccc4c(c3)CC(=O)C(C(F)(F)F)=N4)CC2)c(Cl)n1.O=C1Cc2cc(CO)ccc2N=C1C(F)(F)F. The molecule has 1 saturated heterocycles. The van der Waals surface area contributed by atoms with Crippen molar-refractivity contribution in [1.82, 2.24) is 15.2 Å². The lowest BCUT2D eigenvalue weighted by Gasteiger charge is -2.36. The highest BCUT2D eigenvalue weighted by atomic mass is 35.5. The molecule has 0 radical (unpaired) electrons. The van der Waals surface area contributed by atoms with E-state index in [1.165, 1.54) is 25.2 Å². The maximum absolute atomic E-state index is 12.9. The number of amides is 1. The molecule has 1 fully saturated rings. The van der Waals surface area contributed by atoms with Gasteiger partial charge < -0.3 is 15.3 Å². The zero-order valence-electron chi connectivity index (χ0n) is 26.3. The van der Waals surface area contributed by atoms with Crippen LogP contribution in [0.4, 0.5) is 43.4 Å². The van der Waals surface area contributed by atoms with Gasteiger partial charge in [0.05, 0.1) is 23.7 Å². The van der Waals surface area contributed by atoms with Crippen LogP contribution in [0.1, 0.15) is 32.7 Å². The highest BCUT2D eigenvalue weighted by molar-refractivity contribution is 6.44. The van der Waals surface area contributed by atoms with Gasteiger partial charge >= 0.3 is 12.4 Å². The Bertz CT molecular complexity index is 1890. The number of nitrogens with zero attached hydrogens (tertiary/aromatic N) is 5. The summed E-state index contributed by atoms with van der Waals surface area (Å²) in [5, 5.41) is 11.7. The second-order valence-electron chi connectivity index (χ2n) is 11.5. The first kappa shape index (κ1) is 36.6.